The summed E-state index contributed by atoms with van der Waals surface area (Å²) in [7, 11) is 0. The molecule has 0 aliphatic carbocycles. The zero-order valence-electron chi connectivity index (χ0n) is 6.77. The van der Waals surface area contributed by atoms with Crippen LogP contribution in [0.1, 0.15) is 0 Å². The molecule has 0 aliphatic rings. The summed E-state index contributed by atoms with van der Waals surface area (Å²) in [6, 6.07) is 10.5. The Balaban J connectivity index is 2.86. The molecule has 2 aromatic carbocycles. The molecule has 3 nitrogen and oxygen atoms in total. The molecule has 0 unspecified atom stereocenters. The van der Waals surface area contributed by atoms with Gasteiger partial charge in [0, 0.05) is 5.39 Å². The molecule has 0 radical (unpaired) electrons. The highest BCUT2D eigenvalue weighted by Gasteiger charge is 2.04. The molecule has 0 bridgehead atoms. The topological polar surface area (TPSA) is 49.7 Å². The second-order valence-corrected chi connectivity index (χ2v) is 2.75. The van der Waals surface area contributed by atoms with Gasteiger partial charge in [0.2, 0.25) is 0 Å². The zero-order valence-corrected chi connectivity index (χ0v) is 6.77. The molecule has 1 N–H and O–H groups in total. The van der Waals surface area contributed by atoms with Crippen LogP contribution < -0.4 is 0 Å². The highest BCUT2D eigenvalue weighted by Crippen LogP contribution is 2.33. The number of phenolic OH excluding ortho intramolecular Hbond substituents is 1. The van der Waals surface area contributed by atoms with Crippen LogP contribution in [0.15, 0.2) is 41.6 Å². The molecule has 13 heavy (non-hydrogen) atoms. The van der Waals surface area contributed by atoms with Crippen LogP contribution in [0.25, 0.3) is 10.8 Å². The van der Waals surface area contributed by atoms with Crippen molar-refractivity contribution in [3.8, 4) is 5.75 Å². The molecule has 2 aromatic rings. The maximum atomic E-state index is 10.3. The second kappa shape index (κ2) is 2.86. The first kappa shape index (κ1) is 7.73. The first-order valence-electron chi connectivity index (χ1n) is 3.87. The van der Waals surface area contributed by atoms with E-state index < -0.39 is 0 Å². The van der Waals surface area contributed by atoms with Crippen molar-refractivity contribution >= 4 is 16.5 Å². The maximum Gasteiger partial charge on any atom is 0.152 e. The summed E-state index contributed by atoms with van der Waals surface area (Å²) >= 11 is 0. The number of benzene rings is 2. The molecule has 2 rings (SSSR count). The normalized spacial score (nSPS) is 10.2. The number of nitroso groups, excluding NO2 is 1. The first-order valence-corrected chi connectivity index (χ1v) is 3.87. The molecule has 0 aliphatic heterocycles. The lowest BCUT2D eigenvalue weighted by Gasteiger charge is -2.00. The van der Waals surface area contributed by atoms with Crippen LogP contribution in [-0.2, 0) is 0 Å². The highest BCUT2D eigenvalue weighted by molar-refractivity contribution is 5.92. The number of rotatable bonds is 1. The Morgan fingerprint density at radius 3 is 2.62 bits per heavy atom. The minimum absolute atomic E-state index is 0.0481. The van der Waals surface area contributed by atoms with Crippen LogP contribution in [0, 0.1) is 4.91 Å². The number of aromatic hydroxyl groups is 1. The quantitative estimate of drug-likeness (QED) is 0.674. The van der Waals surface area contributed by atoms with Gasteiger partial charge < -0.3 is 5.11 Å². The Kier molecular flexibility index (Phi) is 1.70. The van der Waals surface area contributed by atoms with E-state index in [0.29, 0.717) is 5.39 Å². The summed E-state index contributed by atoms with van der Waals surface area (Å²) in [5.41, 5.74) is 0.0821. The van der Waals surface area contributed by atoms with Crippen molar-refractivity contribution in [2.24, 2.45) is 5.18 Å². The molecule has 0 atom stereocenters. The minimum Gasteiger partial charge on any atom is -0.505 e. The van der Waals surface area contributed by atoms with Gasteiger partial charge in [0.25, 0.3) is 0 Å². The van der Waals surface area contributed by atoms with Crippen molar-refractivity contribution in [3.63, 3.8) is 0 Å². The summed E-state index contributed by atoms with van der Waals surface area (Å²) < 4.78 is 0. The van der Waals surface area contributed by atoms with Gasteiger partial charge in [-0.15, -0.1) is 4.91 Å². The van der Waals surface area contributed by atoms with Crippen molar-refractivity contribution in [1.82, 2.24) is 0 Å². The van der Waals surface area contributed by atoms with E-state index in [4.69, 9.17) is 0 Å². The number of hydrogen-bond acceptors (Lipinski definition) is 3. The highest BCUT2D eigenvalue weighted by atomic mass is 16.3. The third-order valence-corrected chi connectivity index (χ3v) is 1.98. The molecule has 0 amide bonds. The van der Waals surface area contributed by atoms with E-state index in [1.165, 1.54) is 6.07 Å². The van der Waals surface area contributed by atoms with Crippen LogP contribution in [-0.4, -0.2) is 5.11 Å². The van der Waals surface area contributed by atoms with Crippen LogP contribution in [0.4, 0.5) is 5.69 Å². The smallest absolute Gasteiger partial charge is 0.152 e. The predicted molar refractivity (Wildman–Crippen MR) is 51.1 cm³/mol. The van der Waals surface area contributed by atoms with E-state index in [1.807, 2.05) is 12.1 Å². The van der Waals surface area contributed by atoms with Gasteiger partial charge in [-0.3, -0.25) is 0 Å². The fourth-order valence-corrected chi connectivity index (χ4v) is 1.32. The molecular formula is C10H7NO2. The van der Waals surface area contributed by atoms with Crippen LogP contribution >= 0.6 is 0 Å². The monoisotopic (exact) mass is 173 g/mol. The zero-order chi connectivity index (χ0) is 9.26. The fraction of sp³-hybridized carbons (Fsp3) is 0. The van der Waals surface area contributed by atoms with Gasteiger partial charge in [-0.1, -0.05) is 30.3 Å². The molecule has 0 fully saturated rings. The number of hydrogen-bond donors (Lipinski definition) is 1. The molecule has 0 saturated heterocycles. The third-order valence-electron chi connectivity index (χ3n) is 1.98. The van der Waals surface area contributed by atoms with Crippen molar-refractivity contribution in [2.75, 3.05) is 0 Å². The van der Waals surface area contributed by atoms with Gasteiger partial charge in [-0.25, -0.2) is 0 Å². The summed E-state index contributed by atoms with van der Waals surface area (Å²) in [6.45, 7) is 0. The standard InChI is InChI=1S/C10H7NO2/c12-10-8-4-2-1-3-7(8)5-6-9(10)11-13/h1-6,12H. The lowest BCUT2D eigenvalue weighted by atomic mass is 10.1. The number of nitrogens with zero attached hydrogens (tertiary/aromatic N) is 1. The molecule has 3 heteroatoms. The Bertz CT molecular complexity index is 465. The predicted octanol–water partition coefficient (Wildman–Crippen LogP) is 2.94. The maximum absolute atomic E-state index is 10.3. The van der Waals surface area contributed by atoms with E-state index in [1.54, 1.807) is 18.2 Å². The van der Waals surface area contributed by atoms with Crippen LogP contribution in [0.2, 0.25) is 0 Å². The Morgan fingerprint density at radius 1 is 1.08 bits per heavy atom. The molecule has 0 spiro atoms. The van der Waals surface area contributed by atoms with Gasteiger partial charge in [0.05, 0.1) is 0 Å². The lowest BCUT2D eigenvalue weighted by molar-refractivity contribution is 0.483. The lowest BCUT2D eigenvalue weighted by Crippen LogP contribution is -1.73. The Hall–Kier alpha value is -1.90. The van der Waals surface area contributed by atoms with Crippen molar-refractivity contribution in [1.29, 1.82) is 0 Å². The first-order chi connectivity index (χ1) is 6.33. The minimum atomic E-state index is -0.0481. The van der Waals surface area contributed by atoms with Gasteiger partial charge in [-0.2, -0.15) is 0 Å². The molecule has 0 aromatic heterocycles. The summed E-state index contributed by atoms with van der Waals surface area (Å²) in [5.74, 6) is -0.0481. The van der Waals surface area contributed by atoms with E-state index in [-0.39, 0.29) is 11.4 Å². The largest absolute Gasteiger partial charge is 0.505 e. The molecule has 0 heterocycles. The van der Waals surface area contributed by atoms with E-state index in [9.17, 15) is 10.0 Å². The number of phenols is 1. The molecular weight excluding hydrogens is 166 g/mol. The summed E-state index contributed by atoms with van der Waals surface area (Å²) in [4.78, 5) is 10.3. The second-order valence-electron chi connectivity index (χ2n) is 2.75. The van der Waals surface area contributed by atoms with Crippen molar-refractivity contribution < 1.29 is 5.11 Å². The van der Waals surface area contributed by atoms with Gasteiger partial charge in [0.15, 0.2) is 5.75 Å². The average Bonchev–Trinajstić information content (AvgIpc) is 2.19. The summed E-state index contributed by atoms with van der Waals surface area (Å²) in [6.07, 6.45) is 0. The van der Waals surface area contributed by atoms with Crippen molar-refractivity contribution in [2.45, 2.75) is 0 Å². The van der Waals surface area contributed by atoms with Crippen LogP contribution in [0.5, 0.6) is 5.75 Å². The third kappa shape index (κ3) is 1.14. The summed E-state index contributed by atoms with van der Waals surface area (Å²) in [5, 5.41) is 13.8. The number of fused-ring (bicyclic) bond motifs is 1. The molecule has 0 saturated carbocycles. The fourth-order valence-electron chi connectivity index (χ4n) is 1.32. The van der Waals surface area contributed by atoms with Gasteiger partial charge >= 0.3 is 0 Å². The van der Waals surface area contributed by atoms with Gasteiger partial charge in [0.1, 0.15) is 5.69 Å². The van der Waals surface area contributed by atoms with E-state index in [0.717, 1.165) is 5.39 Å². The SMILES string of the molecule is O=Nc1ccc2ccccc2c1O. The molecule has 64 valence electrons. The van der Waals surface area contributed by atoms with E-state index >= 15 is 0 Å². The van der Waals surface area contributed by atoms with Gasteiger partial charge in [-0.05, 0) is 16.6 Å². The van der Waals surface area contributed by atoms with Crippen molar-refractivity contribution in [3.05, 3.63) is 41.3 Å². The van der Waals surface area contributed by atoms with Crippen LogP contribution in [0.3, 0.4) is 0 Å². The average molecular weight is 173 g/mol. The Labute approximate surface area is 74.6 Å². The van der Waals surface area contributed by atoms with E-state index in [2.05, 4.69) is 5.18 Å². The Morgan fingerprint density at radius 2 is 1.85 bits per heavy atom.